The first-order valence-corrected chi connectivity index (χ1v) is 11.0. The summed E-state index contributed by atoms with van der Waals surface area (Å²) in [5, 5.41) is 4.30. The number of carbonyl (C=O) groups is 1. The van der Waals surface area contributed by atoms with Crippen molar-refractivity contribution in [3.63, 3.8) is 0 Å². The van der Waals surface area contributed by atoms with E-state index in [4.69, 9.17) is 9.26 Å². The highest BCUT2D eigenvalue weighted by Crippen LogP contribution is 2.38. The van der Waals surface area contributed by atoms with Crippen molar-refractivity contribution in [1.29, 1.82) is 0 Å². The summed E-state index contributed by atoms with van der Waals surface area (Å²) in [5.74, 6) is 0.974. The van der Waals surface area contributed by atoms with Crippen molar-refractivity contribution in [3.8, 4) is 11.3 Å². The van der Waals surface area contributed by atoms with Gasteiger partial charge in [-0.3, -0.25) is 9.69 Å². The van der Waals surface area contributed by atoms with Crippen LogP contribution >= 0.6 is 0 Å². The zero-order valence-electron chi connectivity index (χ0n) is 18.4. The molecule has 6 heteroatoms. The molecule has 30 heavy (non-hydrogen) atoms. The van der Waals surface area contributed by atoms with Crippen molar-refractivity contribution in [2.24, 2.45) is 5.41 Å². The third-order valence-corrected chi connectivity index (χ3v) is 6.59. The molecule has 0 aliphatic carbocycles. The lowest BCUT2D eigenvalue weighted by Gasteiger charge is -2.46. The fraction of sp³-hybridized carbons (Fsp3) is 0.583. The van der Waals surface area contributed by atoms with E-state index < -0.39 is 5.41 Å². The maximum Gasteiger partial charge on any atom is 0.230 e. The minimum absolute atomic E-state index is 0.188. The van der Waals surface area contributed by atoms with Gasteiger partial charge in [0, 0.05) is 57.9 Å². The number of benzene rings is 1. The lowest BCUT2D eigenvalue weighted by atomic mass is 9.74. The zero-order chi connectivity index (χ0) is 21.1. The van der Waals surface area contributed by atoms with Crippen LogP contribution in [0.4, 0.5) is 0 Å². The molecule has 0 radical (unpaired) electrons. The summed E-state index contributed by atoms with van der Waals surface area (Å²) in [6.07, 6.45) is 4.58. The molecule has 3 heterocycles. The number of rotatable bonds is 5. The molecule has 6 nitrogen and oxygen atoms in total. The van der Waals surface area contributed by atoms with E-state index in [0.29, 0.717) is 12.5 Å². The van der Waals surface area contributed by atoms with Gasteiger partial charge in [-0.15, -0.1) is 0 Å². The van der Waals surface area contributed by atoms with Crippen LogP contribution in [0.1, 0.15) is 37.0 Å². The number of aryl methyl sites for hydroxylation is 1. The summed E-state index contributed by atoms with van der Waals surface area (Å²) in [6.45, 7) is 5.53. The van der Waals surface area contributed by atoms with Crippen LogP contribution in [0.3, 0.4) is 0 Å². The van der Waals surface area contributed by atoms with Crippen LogP contribution in [0, 0.1) is 12.3 Å². The van der Waals surface area contributed by atoms with Crippen LogP contribution in [0.25, 0.3) is 11.3 Å². The topological polar surface area (TPSA) is 58.8 Å². The molecular formula is C24H33N3O3. The van der Waals surface area contributed by atoms with Crippen molar-refractivity contribution < 1.29 is 14.1 Å². The van der Waals surface area contributed by atoms with Gasteiger partial charge in [0.2, 0.25) is 5.91 Å². The zero-order valence-corrected chi connectivity index (χ0v) is 18.4. The van der Waals surface area contributed by atoms with Crippen molar-refractivity contribution in [3.05, 3.63) is 41.7 Å². The lowest BCUT2D eigenvalue weighted by molar-refractivity contribution is -0.144. The molecule has 1 atom stereocenters. The lowest BCUT2D eigenvalue weighted by Crippen LogP contribution is -2.55. The number of piperidine rings is 1. The van der Waals surface area contributed by atoms with Crippen LogP contribution in [-0.2, 0) is 16.0 Å². The fourth-order valence-corrected chi connectivity index (χ4v) is 4.99. The molecule has 2 fully saturated rings. The highest BCUT2D eigenvalue weighted by molar-refractivity contribution is 5.83. The predicted molar refractivity (Wildman–Crippen MR) is 116 cm³/mol. The Labute approximate surface area is 179 Å². The van der Waals surface area contributed by atoms with Gasteiger partial charge in [0.25, 0.3) is 0 Å². The Morgan fingerprint density at radius 2 is 1.97 bits per heavy atom. The second-order valence-electron chi connectivity index (χ2n) is 9.12. The average molecular weight is 412 g/mol. The Bertz CT molecular complexity index is 855. The number of aromatic nitrogens is 1. The Hall–Kier alpha value is -2.18. The molecule has 0 bridgehead atoms. The second-order valence-corrected chi connectivity index (χ2v) is 9.12. The van der Waals surface area contributed by atoms with Crippen molar-refractivity contribution in [2.75, 3.05) is 40.4 Å². The van der Waals surface area contributed by atoms with Gasteiger partial charge >= 0.3 is 0 Å². The van der Waals surface area contributed by atoms with Crippen molar-refractivity contribution in [2.45, 2.75) is 45.1 Å². The van der Waals surface area contributed by atoms with E-state index in [2.05, 4.69) is 41.2 Å². The van der Waals surface area contributed by atoms with Gasteiger partial charge in [0.15, 0.2) is 0 Å². The van der Waals surface area contributed by atoms with Crippen LogP contribution in [0.2, 0.25) is 0 Å². The van der Waals surface area contributed by atoms with Crippen LogP contribution in [0.15, 0.2) is 34.9 Å². The van der Waals surface area contributed by atoms with E-state index >= 15 is 0 Å². The van der Waals surface area contributed by atoms with Crippen LogP contribution in [0.5, 0.6) is 0 Å². The first-order chi connectivity index (χ1) is 14.5. The van der Waals surface area contributed by atoms with Gasteiger partial charge in [-0.25, -0.2) is 0 Å². The number of carbonyl (C=O) groups excluding carboxylic acids is 1. The van der Waals surface area contributed by atoms with E-state index in [-0.39, 0.29) is 5.91 Å². The second kappa shape index (κ2) is 8.90. The Morgan fingerprint density at radius 3 is 2.67 bits per heavy atom. The molecule has 0 saturated carbocycles. The number of likely N-dealkylation sites (tertiary alicyclic amines) is 1. The molecule has 4 rings (SSSR count). The normalized spacial score (nSPS) is 23.4. The maximum atomic E-state index is 13.4. The third-order valence-electron chi connectivity index (χ3n) is 6.59. The smallest absolute Gasteiger partial charge is 0.230 e. The molecular weight excluding hydrogens is 378 g/mol. The maximum absolute atomic E-state index is 13.4. The van der Waals surface area contributed by atoms with E-state index in [1.807, 2.05) is 20.2 Å². The molecule has 0 N–H and O–H groups in total. The molecule has 2 aliphatic rings. The van der Waals surface area contributed by atoms with Gasteiger partial charge in [0.1, 0.15) is 11.5 Å². The third kappa shape index (κ3) is 4.44. The summed E-state index contributed by atoms with van der Waals surface area (Å²) < 4.78 is 11.3. The predicted octanol–water partition coefficient (Wildman–Crippen LogP) is 3.54. The Kier molecular flexibility index (Phi) is 6.25. The first-order valence-electron chi connectivity index (χ1n) is 11.0. The van der Waals surface area contributed by atoms with E-state index in [1.54, 1.807) is 4.90 Å². The number of nitrogens with zero attached hydrogens (tertiary/aromatic N) is 3. The van der Waals surface area contributed by atoms with E-state index in [1.165, 1.54) is 5.56 Å². The molecule has 2 aliphatic heterocycles. The van der Waals surface area contributed by atoms with Gasteiger partial charge in [-0.2, -0.15) is 0 Å². The minimum atomic E-state index is -0.468. The van der Waals surface area contributed by atoms with Gasteiger partial charge in [-0.1, -0.05) is 35.0 Å². The average Bonchev–Trinajstić information content (AvgIpc) is 3.22. The van der Waals surface area contributed by atoms with Crippen molar-refractivity contribution in [1.82, 2.24) is 15.0 Å². The van der Waals surface area contributed by atoms with Gasteiger partial charge < -0.3 is 14.2 Å². The summed E-state index contributed by atoms with van der Waals surface area (Å²) in [5.41, 5.74) is 2.61. The van der Waals surface area contributed by atoms with E-state index in [0.717, 1.165) is 69.0 Å². The molecule has 1 amide bonds. The largest absolute Gasteiger partial charge is 0.381 e. The Balaban J connectivity index is 1.56. The standard InChI is InChI=1S/C24H33N3O3/c1-18-5-7-19(8-6-18)22-15-21(30-25-22)16-24(23(28)26(2)3)11-4-12-27(17-24)20-9-13-29-14-10-20/h5-8,15,20H,4,9-14,16-17H2,1-3H3. The molecule has 162 valence electrons. The SMILES string of the molecule is Cc1ccc(-c2cc(CC3(C(=O)N(C)C)CCCN(C4CCOCC4)C3)on2)cc1. The van der Waals surface area contributed by atoms with Crippen LogP contribution < -0.4 is 0 Å². The summed E-state index contributed by atoms with van der Waals surface area (Å²) in [7, 11) is 3.71. The quantitative estimate of drug-likeness (QED) is 0.753. The Morgan fingerprint density at radius 1 is 1.23 bits per heavy atom. The number of ether oxygens (including phenoxy) is 1. The first kappa shape index (κ1) is 21.1. The summed E-state index contributed by atoms with van der Waals surface area (Å²) >= 11 is 0. The monoisotopic (exact) mass is 411 g/mol. The molecule has 1 aromatic heterocycles. The van der Waals surface area contributed by atoms with E-state index in [9.17, 15) is 4.79 Å². The summed E-state index contributed by atoms with van der Waals surface area (Å²) in [4.78, 5) is 17.6. The minimum Gasteiger partial charge on any atom is -0.381 e. The molecule has 2 aromatic rings. The number of amides is 1. The van der Waals surface area contributed by atoms with Crippen molar-refractivity contribution >= 4 is 5.91 Å². The molecule has 1 aromatic carbocycles. The van der Waals surface area contributed by atoms with Gasteiger partial charge in [-0.05, 0) is 39.2 Å². The fourth-order valence-electron chi connectivity index (χ4n) is 4.99. The highest BCUT2D eigenvalue weighted by atomic mass is 16.5. The molecule has 1 unspecified atom stereocenters. The molecule has 2 saturated heterocycles. The van der Waals surface area contributed by atoms with Gasteiger partial charge in [0.05, 0.1) is 5.41 Å². The number of hydrogen-bond donors (Lipinski definition) is 0. The van der Waals surface area contributed by atoms with Crippen LogP contribution in [-0.4, -0.2) is 67.3 Å². The number of hydrogen-bond acceptors (Lipinski definition) is 5. The molecule has 0 spiro atoms. The summed E-state index contributed by atoms with van der Waals surface area (Å²) in [6, 6.07) is 10.8. The highest BCUT2D eigenvalue weighted by Gasteiger charge is 2.45.